The van der Waals surface area contributed by atoms with Crippen molar-refractivity contribution < 1.29 is 14.4 Å². The number of hydrogen-bond donors (Lipinski definition) is 3. The summed E-state index contributed by atoms with van der Waals surface area (Å²) >= 11 is 9.51. The van der Waals surface area contributed by atoms with Crippen LogP contribution in [0.1, 0.15) is 35.8 Å². The first kappa shape index (κ1) is 22.8. The van der Waals surface area contributed by atoms with Crippen LogP contribution in [-0.4, -0.2) is 28.9 Å². The van der Waals surface area contributed by atoms with E-state index in [-0.39, 0.29) is 5.69 Å². The summed E-state index contributed by atoms with van der Waals surface area (Å²) < 4.78 is 2.23. The highest BCUT2D eigenvalue weighted by atomic mass is 79.9. The van der Waals surface area contributed by atoms with Gasteiger partial charge in [-0.15, -0.1) is 0 Å². The van der Waals surface area contributed by atoms with E-state index in [1.807, 2.05) is 26.0 Å². The molecule has 3 N–H and O–H groups in total. The first-order chi connectivity index (χ1) is 14.8. The largest absolute Gasteiger partial charge is 0.348 e. The number of halogens is 2. The Morgan fingerprint density at radius 1 is 1.06 bits per heavy atom. The first-order valence-electron chi connectivity index (χ1n) is 9.78. The zero-order chi connectivity index (χ0) is 22.5. The molecule has 1 aromatic heterocycles. The predicted molar refractivity (Wildman–Crippen MR) is 126 cm³/mol. The Balaban J connectivity index is 1.91. The van der Waals surface area contributed by atoms with Crippen LogP contribution in [-0.2, 0) is 9.59 Å². The Morgan fingerprint density at radius 2 is 1.84 bits per heavy atom. The van der Waals surface area contributed by atoms with E-state index in [2.05, 4.69) is 32.0 Å². The highest BCUT2D eigenvalue weighted by Crippen LogP contribution is 2.24. The second kappa shape index (κ2) is 9.98. The van der Waals surface area contributed by atoms with Gasteiger partial charge in [0.15, 0.2) is 0 Å². The normalized spacial score (nSPS) is 10.7. The number of rotatable bonds is 6. The van der Waals surface area contributed by atoms with Gasteiger partial charge in [0.25, 0.3) is 5.91 Å². The van der Waals surface area contributed by atoms with Gasteiger partial charge in [-0.25, -0.2) is 4.68 Å². The van der Waals surface area contributed by atoms with E-state index in [9.17, 15) is 14.4 Å². The van der Waals surface area contributed by atoms with Crippen molar-refractivity contribution >= 4 is 61.8 Å². The Labute approximate surface area is 193 Å². The van der Waals surface area contributed by atoms with Gasteiger partial charge in [-0.05, 0) is 61.4 Å². The molecule has 0 fully saturated rings. The van der Waals surface area contributed by atoms with E-state index in [1.54, 1.807) is 30.3 Å². The molecule has 9 heteroatoms. The molecule has 0 radical (unpaired) electrons. The van der Waals surface area contributed by atoms with Crippen LogP contribution in [0.5, 0.6) is 0 Å². The highest BCUT2D eigenvalue weighted by molar-refractivity contribution is 9.10. The molecule has 0 aliphatic carbocycles. The third-order valence-electron chi connectivity index (χ3n) is 4.65. The Hall–Kier alpha value is -2.84. The molecule has 3 rings (SSSR count). The summed E-state index contributed by atoms with van der Waals surface area (Å²) in [5.41, 5.74) is 4.78. The maximum absolute atomic E-state index is 13.0. The molecule has 162 valence electrons. The summed E-state index contributed by atoms with van der Waals surface area (Å²) in [6, 6.07) is 12.0. The number of carbonyl (C=O) groups is 3. The second-order valence-electron chi connectivity index (χ2n) is 7.04. The lowest BCUT2D eigenvalue weighted by Gasteiger charge is -2.13. The molecule has 0 aliphatic rings. The summed E-state index contributed by atoms with van der Waals surface area (Å²) in [6.45, 7) is 4.30. The standard InChI is InChI=1S/C22H22BrClN4O3/c1-3-4-9-25-21(30)22(31)27-28-18-8-5-15(24)11-14(18)12-19(28)20(29)26-16-6-7-17(23)13(2)10-16/h5-8,10-12H,3-4,9H2,1-2H3,(H,25,30)(H,26,29)(H,27,31). The molecule has 0 saturated heterocycles. The molecular weight excluding hydrogens is 484 g/mol. The minimum absolute atomic E-state index is 0.160. The van der Waals surface area contributed by atoms with Gasteiger partial charge in [0, 0.05) is 27.1 Å². The minimum atomic E-state index is -0.864. The van der Waals surface area contributed by atoms with E-state index >= 15 is 0 Å². The van der Waals surface area contributed by atoms with E-state index in [4.69, 9.17) is 11.6 Å². The lowest BCUT2D eigenvalue weighted by molar-refractivity contribution is -0.136. The van der Waals surface area contributed by atoms with Gasteiger partial charge in [-0.1, -0.05) is 40.9 Å². The van der Waals surface area contributed by atoms with Gasteiger partial charge in [-0.2, -0.15) is 0 Å². The topological polar surface area (TPSA) is 92.2 Å². The lowest BCUT2D eigenvalue weighted by atomic mass is 10.2. The number of aromatic nitrogens is 1. The van der Waals surface area contributed by atoms with Gasteiger partial charge >= 0.3 is 11.8 Å². The van der Waals surface area contributed by atoms with Gasteiger partial charge in [0.2, 0.25) is 0 Å². The van der Waals surface area contributed by atoms with Crippen LogP contribution in [0.3, 0.4) is 0 Å². The van der Waals surface area contributed by atoms with Crippen molar-refractivity contribution in [2.24, 2.45) is 0 Å². The molecule has 0 spiro atoms. The molecule has 3 aromatic rings. The summed E-state index contributed by atoms with van der Waals surface area (Å²) in [6.07, 6.45) is 1.66. The quantitative estimate of drug-likeness (QED) is 0.338. The number of anilines is 1. The van der Waals surface area contributed by atoms with Crippen LogP contribution >= 0.6 is 27.5 Å². The first-order valence-corrected chi connectivity index (χ1v) is 10.9. The van der Waals surface area contributed by atoms with Crippen LogP contribution in [0, 0.1) is 6.92 Å². The average molecular weight is 506 g/mol. The molecule has 3 amide bonds. The Morgan fingerprint density at radius 3 is 2.55 bits per heavy atom. The zero-order valence-electron chi connectivity index (χ0n) is 17.1. The van der Waals surface area contributed by atoms with Crippen LogP contribution in [0.25, 0.3) is 10.9 Å². The molecule has 0 saturated carbocycles. The number of aryl methyl sites for hydroxylation is 1. The number of hydrogen-bond acceptors (Lipinski definition) is 3. The monoisotopic (exact) mass is 504 g/mol. The van der Waals surface area contributed by atoms with Crippen molar-refractivity contribution in [3.05, 3.63) is 63.2 Å². The van der Waals surface area contributed by atoms with E-state index in [1.165, 1.54) is 4.68 Å². The third-order valence-corrected chi connectivity index (χ3v) is 5.77. The minimum Gasteiger partial charge on any atom is -0.348 e. The van der Waals surface area contributed by atoms with Crippen LogP contribution in [0.4, 0.5) is 5.69 Å². The van der Waals surface area contributed by atoms with Crippen molar-refractivity contribution in [2.75, 3.05) is 17.3 Å². The number of benzene rings is 2. The van der Waals surface area contributed by atoms with Crippen molar-refractivity contribution in [1.29, 1.82) is 0 Å². The molecule has 0 bridgehead atoms. The molecule has 0 aliphatic heterocycles. The van der Waals surface area contributed by atoms with Crippen molar-refractivity contribution in [2.45, 2.75) is 26.7 Å². The molecule has 2 aromatic carbocycles. The number of carbonyl (C=O) groups excluding carboxylic acids is 3. The molecule has 31 heavy (non-hydrogen) atoms. The average Bonchev–Trinajstić information content (AvgIpc) is 3.08. The Kier molecular flexibility index (Phi) is 7.35. The van der Waals surface area contributed by atoms with E-state index < -0.39 is 17.7 Å². The molecule has 1 heterocycles. The molecule has 0 atom stereocenters. The molecule has 0 unspecified atom stereocenters. The van der Waals surface area contributed by atoms with Crippen molar-refractivity contribution in [3.8, 4) is 0 Å². The highest BCUT2D eigenvalue weighted by Gasteiger charge is 2.21. The maximum Gasteiger partial charge on any atom is 0.328 e. The third kappa shape index (κ3) is 5.45. The number of nitrogens with one attached hydrogen (secondary N) is 3. The van der Waals surface area contributed by atoms with Crippen LogP contribution < -0.4 is 16.1 Å². The fraction of sp³-hybridized carbons (Fsp3) is 0.227. The van der Waals surface area contributed by atoms with Gasteiger partial charge < -0.3 is 10.6 Å². The number of amides is 3. The summed E-state index contributed by atoms with van der Waals surface area (Å²) in [5.74, 6) is -2.07. The van der Waals surface area contributed by atoms with Gasteiger partial charge in [0.1, 0.15) is 5.69 Å². The second-order valence-corrected chi connectivity index (χ2v) is 8.33. The molecular formula is C22H22BrClN4O3. The number of nitrogens with zero attached hydrogens (tertiary/aromatic N) is 1. The number of fused-ring (bicyclic) bond motifs is 1. The fourth-order valence-corrected chi connectivity index (χ4v) is 3.43. The predicted octanol–water partition coefficient (Wildman–Crippen LogP) is 4.60. The van der Waals surface area contributed by atoms with Crippen molar-refractivity contribution in [1.82, 2.24) is 9.99 Å². The lowest BCUT2D eigenvalue weighted by Crippen LogP contribution is -2.40. The van der Waals surface area contributed by atoms with E-state index in [0.717, 1.165) is 22.9 Å². The summed E-state index contributed by atoms with van der Waals surface area (Å²) in [5, 5.41) is 6.52. The van der Waals surface area contributed by atoms with Crippen LogP contribution in [0.15, 0.2) is 46.9 Å². The SMILES string of the molecule is CCCCNC(=O)C(=O)Nn1c(C(=O)Nc2ccc(Br)c(C)c2)cc2cc(Cl)ccc21. The fourth-order valence-electron chi connectivity index (χ4n) is 3.00. The summed E-state index contributed by atoms with van der Waals surface area (Å²) in [7, 11) is 0. The smallest absolute Gasteiger partial charge is 0.328 e. The van der Waals surface area contributed by atoms with Crippen molar-refractivity contribution in [3.63, 3.8) is 0 Å². The maximum atomic E-state index is 13.0. The van der Waals surface area contributed by atoms with Gasteiger partial charge in [0.05, 0.1) is 5.52 Å². The zero-order valence-corrected chi connectivity index (χ0v) is 19.4. The van der Waals surface area contributed by atoms with E-state index in [0.29, 0.717) is 28.2 Å². The van der Waals surface area contributed by atoms with Gasteiger partial charge in [-0.3, -0.25) is 19.8 Å². The molecule has 7 nitrogen and oxygen atoms in total. The Bertz CT molecular complexity index is 1160. The van der Waals surface area contributed by atoms with Crippen LogP contribution in [0.2, 0.25) is 5.02 Å². The number of unbranched alkanes of at least 4 members (excludes halogenated alkanes) is 1. The summed E-state index contributed by atoms with van der Waals surface area (Å²) in [4.78, 5) is 37.6.